The molecule has 2 aromatic carbocycles. The van der Waals surface area contributed by atoms with E-state index in [2.05, 4.69) is 5.32 Å². The Morgan fingerprint density at radius 2 is 1.96 bits per heavy atom. The zero-order valence-corrected chi connectivity index (χ0v) is 15.6. The van der Waals surface area contributed by atoms with Crippen LogP contribution in [0.2, 0.25) is 0 Å². The van der Waals surface area contributed by atoms with E-state index >= 15 is 0 Å². The minimum absolute atomic E-state index is 0.119. The summed E-state index contributed by atoms with van der Waals surface area (Å²) < 4.78 is 4.71. The van der Waals surface area contributed by atoms with Crippen LogP contribution in [0.15, 0.2) is 48.5 Å². The molecule has 0 radical (unpaired) electrons. The number of hydrogen-bond donors (Lipinski definition) is 2. The lowest BCUT2D eigenvalue weighted by atomic mass is 10.1. The Labute approximate surface area is 162 Å². The molecular formula is C21H22N2O5. The number of hydrogen-bond acceptors (Lipinski definition) is 5. The van der Waals surface area contributed by atoms with Gasteiger partial charge < -0.3 is 20.1 Å². The molecule has 3 rings (SSSR count). The summed E-state index contributed by atoms with van der Waals surface area (Å²) in [5.74, 6) is -1.77. The minimum atomic E-state index is -1.05. The Balaban J connectivity index is 1.87. The number of ether oxygens (including phenoxy) is 1. The third-order valence-corrected chi connectivity index (χ3v) is 4.77. The molecule has 0 bridgehead atoms. The van der Waals surface area contributed by atoms with Gasteiger partial charge in [0.25, 0.3) is 0 Å². The number of nitrogens with one attached hydrogen (secondary N) is 1. The predicted molar refractivity (Wildman–Crippen MR) is 103 cm³/mol. The topological polar surface area (TPSA) is 95.9 Å². The van der Waals surface area contributed by atoms with Gasteiger partial charge in [-0.05, 0) is 29.7 Å². The number of carbonyl (C=O) groups is 3. The minimum Gasteiger partial charge on any atom is -0.478 e. The number of amides is 1. The van der Waals surface area contributed by atoms with Crippen molar-refractivity contribution in [2.24, 2.45) is 0 Å². The number of esters is 1. The Hall–Kier alpha value is -3.35. The van der Waals surface area contributed by atoms with E-state index in [0.29, 0.717) is 25.2 Å². The van der Waals surface area contributed by atoms with Crippen molar-refractivity contribution < 1.29 is 24.2 Å². The molecule has 0 aromatic heterocycles. The van der Waals surface area contributed by atoms with Gasteiger partial charge in [-0.1, -0.05) is 36.4 Å². The standard InChI is InChI=1S/C21H22N2O5/c1-28-19(24)12-18-20(25)23(10-9-14-5-3-2-4-6-14)13-16-8-7-15(21(26)27)11-17(16)22-18/h2-8,11,18,22H,9-10,12-13H2,1H3,(H,26,27)/t18-/m1/s1. The zero-order chi connectivity index (χ0) is 20.1. The molecule has 0 unspecified atom stereocenters. The smallest absolute Gasteiger partial charge is 0.335 e. The molecule has 1 aliphatic heterocycles. The SMILES string of the molecule is COC(=O)C[C@H]1Nc2cc(C(=O)O)ccc2CN(CCc2ccccc2)C1=O. The molecule has 0 spiro atoms. The van der Waals surface area contributed by atoms with Crippen LogP contribution in [-0.4, -0.2) is 47.5 Å². The number of carboxylic acids is 1. The maximum atomic E-state index is 13.0. The van der Waals surface area contributed by atoms with Crippen molar-refractivity contribution in [3.63, 3.8) is 0 Å². The highest BCUT2D eigenvalue weighted by Crippen LogP contribution is 2.26. The quantitative estimate of drug-likeness (QED) is 0.745. The molecule has 0 saturated carbocycles. The molecule has 2 N–H and O–H groups in total. The highest BCUT2D eigenvalue weighted by atomic mass is 16.5. The second-order valence-corrected chi connectivity index (χ2v) is 6.65. The van der Waals surface area contributed by atoms with E-state index in [4.69, 9.17) is 4.74 Å². The average Bonchev–Trinajstić information content (AvgIpc) is 2.83. The summed E-state index contributed by atoms with van der Waals surface area (Å²) >= 11 is 0. The monoisotopic (exact) mass is 382 g/mol. The molecule has 1 amide bonds. The number of aromatic carboxylic acids is 1. The van der Waals surface area contributed by atoms with Crippen molar-refractivity contribution >= 4 is 23.5 Å². The highest BCUT2D eigenvalue weighted by molar-refractivity contribution is 5.92. The Bertz CT molecular complexity index is 882. The molecule has 0 saturated heterocycles. The van der Waals surface area contributed by atoms with Crippen molar-refractivity contribution in [2.45, 2.75) is 25.4 Å². The maximum absolute atomic E-state index is 13.0. The van der Waals surface area contributed by atoms with Gasteiger partial charge in [-0.15, -0.1) is 0 Å². The summed E-state index contributed by atoms with van der Waals surface area (Å²) in [4.78, 5) is 37.8. The molecule has 0 fully saturated rings. The van der Waals surface area contributed by atoms with Gasteiger partial charge in [-0.3, -0.25) is 9.59 Å². The van der Waals surface area contributed by atoms with Crippen LogP contribution in [0.25, 0.3) is 0 Å². The third kappa shape index (κ3) is 4.49. The molecule has 146 valence electrons. The molecule has 28 heavy (non-hydrogen) atoms. The van der Waals surface area contributed by atoms with Crippen LogP contribution in [-0.2, 0) is 27.3 Å². The number of carbonyl (C=O) groups excluding carboxylic acids is 2. The van der Waals surface area contributed by atoms with Crippen molar-refractivity contribution in [3.8, 4) is 0 Å². The molecule has 1 aliphatic rings. The maximum Gasteiger partial charge on any atom is 0.335 e. The summed E-state index contributed by atoms with van der Waals surface area (Å²) in [5.41, 5.74) is 2.58. The van der Waals surface area contributed by atoms with Crippen LogP contribution in [0.1, 0.15) is 27.9 Å². The molecule has 0 aliphatic carbocycles. The number of nitrogens with zero attached hydrogens (tertiary/aromatic N) is 1. The van der Waals surface area contributed by atoms with Crippen molar-refractivity contribution in [1.82, 2.24) is 4.90 Å². The van der Waals surface area contributed by atoms with Crippen molar-refractivity contribution in [1.29, 1.82) is 0 Å². The number of benzene rings is 2. The third-order valence-electron chi connectivity index (χ3n) is 4.77. The summed E-state index contributed by atoms with van der Waals surface area (Å²) in [7, 11) is 1.27. The van der Waals surface area contributed by atoms with Gasteiger partial charge in [0.05, 0.1) is 19.1 Å². The highest BCUT2D eigenvalue weighted by Gasteiger charge is 2.31. The van der Waals surface area contributed by atoms with E-state index in [9.17, 15) is 19.5 Å². The van der Waals surface area contributed by atoms with Gasteiger partial charge in [0.1, 0.15) is 6.04 Å². The number of anilines is 1. The fourth-order valence-electron chi connectivity index (χ4n) is 3.22. The Morgan fingerprint density at radius 1 is 1.21 bits per heavy atom. The van der Waals surface area contributed by atoms with Gasteiger partial charge >= 0.3 is 11.9 Å². The van der Waals surface area contributed by atoms with E-state index in [-0.39, 0.29) is 17.9 Å². The van der Waals surface area contributed by atoms with E-state index in [1.165, 1.54) is 19.2 Å². The summed E-state index contributed by atoms with van der Waals surface area (Å²) in [6.45, 7) is 0.827. The average molecular weight is 382 g/mol. The molecule has 7 heteroatoms. The first-order valence-corrected chi connectivity index (χ1v) is 9.00. The number of fused-ring (bicyclic) bond motifs is 1. The molecule has 7 nitrogen and oxygen atoms in total. The predicted octanol–water partition coefficient (Wildman–Crippen LogP) is 2.31. The summed E-state index contributed by atoms with van der Waals surface area (Å²) in [6.07, 6.45) is 0.550. The summed E-state index contributed by atoms with van der Waals surface area (Å²) in [5, 5.41) is 12.3. The van der Waals surface area contributed by atoms with Crippen LogP contribution < -0.4 is 5.32 Å². The first-order valence-electron chi connectivity index (χ1n) is 9.00. The van der Waals surface area contributed by atoms with Gasteiger partial charge in [0, 0.05) is 18.8 Å². The lowest BCUT2D eigenvalue weighted by Gasteiger charge is -2.24. The second kappa shape index (κ2) is 8.56. The van der Waals surface area contributed by atoms with Crippen LogP contribution in [0.4, 0.5) is 5.69 Å². The number of carboxylic acid groups (broad SMARTS) is 1. The van der Waals surface area contributed by atoms with Gasteiger partial charge in [0.15, 0.2) is 0 Å². The lowest BCUT2D eigenvalue weighted by molar-refractivity contribution is -0.144. The first-order chi connectivity index (χ1) is 13.5. The zero-order valence-electron chi connectivity index (χ0n) is 15.6. The normalized spacial score (nSPS) is 16.0. The van der Waals surface area contributed by atoms with Crippen molar-refractivity contribution in [2.75, 3.05) is 19.0 Å². The Kier molecular flexibility index (Phi) is 5.93. The van der Waals surface area contributed by atoms with Crippen molar-refractivity contribution in [3.05, 3.63) is 65.2 Å². The largest absolute Gasteiger partial charge is 0.478 e. The molecule has 2 aromatic rings. The number of rotatable bonds is 6. The number of methoxy groups -OCH3 is 1. The molecular weight excluding hydrogens is 360 g/mol. The van der Waals surface area contributed by atoms with Crippen LogP contribution in [0.5, 0.6) is 0 Å². The fourth-order valence-corrected chi connectivity index (χ4v) is 3.22. The van der Waals surface area contributed by atoms with E-state index in [1.54, 1.807) is 11.0 Å². The first kappa shape index (κ1) is 19.4. The fraction of sp³-hybridized carbons (Fsp3) is 0.286. The molecule has 1 heterocycles. The van der Waals surface area contributed by atoms with Crippen LogP contribution >= 0.6 is 0 Å². The van der Waals surface area contributed by atoms with Gasteiger partial charge in [-0.2, -0.15) is 0 Å². The Morgan fingerprint density at radius 3 is 2.64 bits per heavy atom. The van der Waals surface area contributed by atoms with Crippen LogP contribution in [0.3, 0.4) is 0 Å². The van der Waals surface area contributed by atoms with E-state index in [0.717, 1.165) is 11.1 Å². The van der Waals surface area contributed by atoms with E-state index in [1.807, 2.05) is 30.3 Å². The van der Waals surface area contributed by atoms with E-state index < -0.39 is 18.0 Å². The lowest BCUT2D eigenvalue weighted by Crippen LogP contribution is -2.42. The van der Waals surface area contributed by atoms with Gasteiger partial charge in [-0.25, -0.2) is 4.79 Å². The summed E-state index contributed by atoms with van der Waals surface area (Å²) in [6, 6.07) is 13.7. The van der Waals surface area contributed by atoms with Gasteiger partial charge in [0.2, 0.25) is 5.91 Å². The second-order valence-electron chi connectivity index (χ2n) is 6.65. The molecule has 1 atom stereocenters. The van der Waals surface area contributed by atoms with Crippen LogP contribution in [0, 0.1) is 0 Å².